The van der Waals surface area contributed by atoms with E-state index in [-0.39, 0.29) is 11.5 Å². The molecule has 2 rings (SSSR count). The molecular formula is C10H6F3N3O2. The van der Waals surface area contributed by atoms with E-state index >= 15 is 0 Å². The van der Waals surface area contributed by atoms with Gasteiger partial charge in [-0.05, 0) is 12.1 Å². The molecule has 94 valence electrons. The highest BCUT2D eigenvalue weighted by Gasteiger charge is 2.30. The predicted molar refractivity (Wildman–Crippen MR) is 53.3 cm³/mol. The van der Waals surface area contributed by atoms with Gasteiger partial charge in [-0.1, -0.05) is 0 Å². The maximum Gasteiger partial charge on any atom is 0.417 e. The molecule has 0 unspecified atom stereocenters. The summed E-state index contributed by atoms with van der Waals surface area (Å²) in [5.41, 5.74) is -1.08. The second-order valence-corrected chi connectivity index (χ2v) is 3.37. The molecule has 0 spiro atoms. The van der Waals surface area contributed by atoms with Crippen molar-refractivity contribution in [3.63, 3.8) is 0 Å². The van der Waals surface area contributed by atoms with Gasteiger partial charge in [0, 0.05) is 12.4 Å². The minimum Gasteiger partial charge on any atom is -0.476 e. The summed E-state index contributed by atoms with van der Waals surface area (Å²) in [6, 6.07) is 2.00. The van der Waals surface area contributed by atoms with Gasteiger partial charge in [-0.25, -0.2) is 14.8 Å². The first-order chi connectivity index (χ1) is 8.38. The van der Waals surface area contributed by atoms with Crippen LogP contribution in [0.25, 0.3) is 5.82 Å². The fourth-order valence-corrected chi connectivity index (χ4v) is 1.27. The summed E-state index contributed by atoms with van der Waals surface area (Å²) < 4.78 is 38.1. The topological polar surface area (TPSA) is 68.0 Å². The summed E-state index contributed by atoms with van der Waals surface area (Å²) in [6.45, 7) is 0. The van der Waals surface area contributed by atoms with E-state index in [1.54, 1.807) is 0 Å². The second-order valence-electron chi connectivity index (χ2n) is 3.37. The van der Waals surface area contributed by atoms with Crippen molar-refractivity contribution in [1.29, 1.82) is 0 Å². The first kappa shape index (κ1) is 12.1. The van der Waals surface area contributed by atoms with Crippen molar-refractivity contribution in [2.45, 2.75) is 6.18 Å². The maximum absolute atomic E-state index is 12.3. The summed E-state index contributed by atoms with van der Waals surface area (Å²) in [5, 5.41) is 8.65. The van der Waals surface area contributed by atoms with Crippen LogP contribution in [-0.4, -0.2) is 25.6 Å². The van der Waals surface area contributed by atoms with Gasteiger partial charge in [0.15, 0.2) is 5.69 Å². The quantitative estimate of drug-likeness (QED) is 0.893. The van der Waals surface area contributed by atoms with Crippen molar-refractivity contribution in [1.82, 2.24) is 14.5 Å². The molecule has 18 heavy (non-hydrogen) atoms. The second kappa shape index (κ2) is 4.13. The lowest BCUT2D eigenvalue weighted by Crippen LogP contribution is -2.06. The first-order valence-corrected chi connectivity index (χ1v) is 4.69. The Hall–Kier alpha value is -2.38. The SMILES string of the molecule is O=C(O)c1cn(-c2ccc(C(F)(F)F)cn2)cn1. The van der Waals surface area contributed by atoms with Crippen LogP contribution >= 0.6 is 0 Å². The van der Waals surface area contributed by atoms with Crippen molar-refractivity contribution < 1.29 is 23.1 Å². The number of halogens is 3. The van der Waals surface area contributed by atoms with Crippen LogP contribution in [0.15, 0.2) is 30.9 Å². The van der Waals surface area contributed by atoms with Crippen LogP contribution in [0.3, 0.4) is 0 Å². The van der Waals surface area contributed by atoms with Gasteiger partial charge in [-0.3, -0.25) is 4.57 Å². The number of alkyl halides is 3. The van der Waals surface area contributed by atoms with Gasteiger partial charge in [-0.2, -0.15) is 13.2 Å². The van der Waals surface area contributed by atoms with Crippen LogP contribution in [0.5, 0.6) is 0 Å². The number of rotatable bonds is 2. The Morgan fingerprint density at radius 1 is 1.28 bits per heavy atom. The van der Waals surface area contributed by atoms with Gasteiger partial charge >= 0.3 is 12.1 Å². The average molecular weight is 257 g/mol. The third kappa shape index (κ3) is 2.31. The van der Waals surface area contributed by atoms with Crippen LogP contribution in [-0.2, 0) is 6.18 Å². The number of imidazole rings is 1. The van der Waals surface area contributed by atoms with E-state index in [2.05, 4.69) is 9.97 Å². The van der Waals surface area contributed by atoms with E-state index in [9.17, 15) is 18.0 Å². The van der Waals surface area contributed by atoms with E-state index in [0.717, 1.165) is 18.3 Å². The molecule has 0 aliphatic carbocycles. The lowest BCUT2D eigenvalue weighted by molar-refractivity contribution is -0.137. The molecule has 0 amide bonds. The number of hydrogen-bond donors (Lipinski definition) is 1. The summed E-state index contributed by atoms with van der Waals surface area (Å²) in [6.07, 6.45) is -1.44. The van der Waals surface area contributed by atoms with Gasteiger partial charge in [0.25, 0.3) is 0 Å². The van der Waals surface area contributed by atoms with Gasteiger partial charge < -0.3 is 5.11 Å². The minimum absolute atomic E-state index is 0.156. The smallest absolute Gasteiger partial charge is 0.417 e. The Labute approximate surface area is 98.5 Å². The van der Waals surface area contributed by atoms with Crippen LogP contribution in [0, 0.1) is 0 Å². The Bertz CT molecular complexity index is 575. The largest absolute Gasteiger partial charge is 0.476 e. The lowest BCUT2D eigenvalue weighted by atomic mass is 10.3. The Morgan fingerprint density at radius 3 is 2.44 bits per heavy atom. The van der Waals surface area contributed by atoms with Crippen molar-refractivity contribution in [2.75, 3.05) is 0 Å². The van der Waals surface area contributed by atoms with Crippen molar-refractivity contribution >= 4 is 5.97 Å². The fourth-order valence-electron chi connectivity index (χ4n) is 1.27. The summed E-state index contributed by atoms with van der Waals surface area (Å²) in [7, 11) is 0. The molecule has 0 fully saturated rings. The van der Waals surface area contributed by atoms with E-state index in [1.807, 2.05) is 0 Å². The highest BCUT2D eigenvalue weighted by atomic mass is 19.4. The number of pyridine rings is 1. The average Bonchev–Trinajstić information content (AvgIpc) is 2.77. The standard InChI is InChI=1S/C10H6F3N3O2/c11-10(12,13)6-1-2-8(14-3-6)16-4-7(9(17)18)15-5-16/h1-5H,(H,17,18). The molecule has 0 aromatic carbocycles. The van der Waals surface area contributed by atoms with Crippen molar-refractivity contribution in [3.8, 4) is 5.82 Å². The third-order valence-electron chi connectivity index (χ3n) is 2.14. The molecule has 0 atom stereocenters. The van der Waals surface area contributed by atoms with Crippen molar-refractivity contribution in [3.05, 3.63) is 42.1 Å². The summed E-state index contributed by atoms with van der Waals surface area (Å²) in [5.74, 6) is -1.07. The Balaban J connectivity index is 2.31. The van der Waals surface area contributed by atoms with E-state index in [4.69, 9.17) is 5.11 Å². The van der Waals surface area contributed by atoms with Crippen LogP contribution in [0.2, 0.25) is 0 Å². The van der Waals surface area contributed by atoms with E-state index in [0.29, 0.717) is 6.20 Å². The molecular weight excluding hydrogens is 251 g/mol. The maximum atomic E-state index is 12.3. The summed E-state index contributed by atoms with van der Waals surface area (Å²) >= 11 is 0. The fraction of sp³-hybridized carbons (Fsp3) is 0.100. The zero-order valence-corrected chi connectivity index (χ0v) is 8.72. The first-order valence-electron chi connectivity index (χ1n) is 4.69. The number of hydrogen-bond acceptors (Lipinski definition) is 3. The molecule has 0 aliphatic rings. The molecule has 0 bridgehead atoms. The predicted octanol–water partition coefficient (Wildman–Crippen LogP) is 1.98. The monoisotopic (exact) mass is 257 g/mol. The highest BCUT2D eigenvalue weighted by Crippen LogP contribution is 2.28. The Morgan fingerprint density at radius 2 is 2.00 bits per heavy atom. The molecule has 0 saturated heterocycles. The lowest BCUT2D eigenvalue weighted by Gasteiger charge is -2.06. The number of carboxylic acids is 1. The van der Waals surface area contributed by atoms with E-state index in [1.165, 1.54) is 10.9 Å². The molecule has 2 aromatic heterocycles. The number of carboxylic acid groups (broad SMARTS) is 1. The molecule has 2 aromatic rings. The van der Waals surface area contributed by atoms with Crippen LogP contribution < -0.4 is 0 Å². The molecule has 0 saturated carbocycles. The third-order valence-corrected chi connectivity index (χ3v) is 2.14. The van der Waals surface area contributed by atoms with E-state index < -0.39 is 17.7 Å². The number of nitrogens with zero attached hydrogens (tertiary/aromatic N) is 3. The molecule has 0 radical (unpaired) electrons. The van der Waals surface area contributed by atoms with Crippen LogP contribution in [0.1, 0.15) is 16.1 Å². The molecule has 2 heterocycles. The number of aromatic carboxylic acids is 1. The summed E-state index contributed by atoms with van der Waals surface area (Å²) in [4.78, 5) is 17.7. The Kier molecular flexibility index (Phi) is 2.77. The molecule has 8 heteroatoms. The van der Waals surface area contributed by atoms with Gasteiger partial charge in [0.1, 0.15) is 12.1 Å². The molecule has 0 aliphatic heterocycles. The number of aromatic nitrogens is 3. The van der Waals surface area contributed by atoms with Gasteiger partial charge in [0.05, 0.1) is 5.56 Å². The van der Waals surface area contributed by atoms with Crippen molar-refractivity contribution in [2.24, 2.45) is 0 Å². The highest BCUT2D eigenvalue weighted by molar-refractivity contribution is 5.85. The molecule has 5 nitrogen and oxygen atoms in total. The molecule has 1 N–H and O–H groups in total. The zero-order valence-electron chi connectivity index (χ0n) is 8.72. The number of carbonyl (C=O) groups is 1. The minimum atomic E-state index is -4.45. The zero-order chi connectivity index (χ0) is 13.3. The van der Waals surface area contributed by atoms with Crippen LogP contribution in [0.4, 0.5) is 13.2 Å². The van der Waals surface area contributed by atoms with Gasteiger partial charge in [-0.15, -0.1) is 0 Å². The van der Waals surface area contributed by atoms with Gasteiger partial charge in [0.2, 0.25) is 0 Å². The normalized spacial score (nSPS) is 11.5.